The van der Waals surface area contributed by atoms with E-state index in [-0.39, 0.29) is 35.3 Å². The number of carbonyl (C=O) groups excluding carboxylic acids is 1. The molecule has 0 saturated heterocycles. The van der Waals surface area contributed by atoms with Gasteiger partial charge in [-0.3, -0.25) is 4.79 Å². The van der Waals surface area contributed by atoms with Crippen molar-refractivity contribution < 1.29 is 31.5 Å². The number of fused-ring (bicyclic) bond motifs is 1. The number of para-hydroxylation sites is 1. The first-order valence-electron chi connectivity index (χ1n) is 12.9. The van der Waals surface area contributed by atoms with E-state index in [4.69, 9.17) is 21.3 Å². The fourth-order valence-electron chi connectivity index (χ4n) is 4.67. The summed E-state index contributed by atoms with van der Waals surface area (Å²) in [6, 6.07) is 16.1. The van der Waals surface area contributed by atoms with Crippen LogP contribution in [0.25, 0.3) is 22.2 Å². The minimum Gasteiger partial charge on any atom is -0.466 e. The number of H-pyrrole nitrogens is 1. The molecule has 210 valence electrons. The van der Waals surface area contributed by atoms with E-state index in [9.17, 15) is 22.0 Å². The van der Waals surface area contributed by atoms with Crippen LogP contribution in [0.2, 0.25) is 5.02 Å². The molecule has 1 fully saturated rings. The summed E-state index contributed by atoms with van der Waals surface area (Å²) in [6.45, 7) is -1.07. The van der Waals surface area contributed by atoms with Gasteiger partial charge in [0.05, 0.1) is 45.6 Å². The van der Waals surface area contributed by atoms with Crippen molar-refractivity contribution in [1.82, 2.24) is 9.97 Å². The third kappa shape index (κ3) is 6.28. The number of rotatable bonds is 11. The molecule has 1 aromatic heterocycles. The zero-order chi connectivity index (χ0) is 28.4. The van der Waals surface area contributed by atoms with Crippen molar-refractivity contribution in [2.45, 2.75) is 43.6 Å². The van der Waals surface area contributed by atoms with Crippen molar-refractivity contribution >= 4 is 38.4 Å². The first-order chi connectivity index (χ1) is 19.1. The second-order valence-corrected chi connectivity index (χ2v) is 12.1. The van der Waals surface area contributed by atoms with Crippen LogP contribution in [0.5, 0.6) is 5.75 Å². The molecule has 0 spiro atoms. The maximum Gasteiger partial charge on any atom is 0.387 e. The van der Waals surface area contributed by atoms with Crippen LogP contribution < -0.4 is 4.74 Å². The second kappa shape index (κ2) is 11.5. The summed E-state index contributed by atoms with van der Waals surface area (Å²) in [5, 5.41) is 0.292. The van der Waals surface area contributed by atoms with E-state index >= 15 is 0 Å². The Kier molecular flexibility index (Phi) is 8.09. The Balaban J connectivity index is 1.52. The molecule has 0 bridgehead atoms. The van der Waals surface area contributed by atoms with Crippen LogP contribution in [0.15, 0.2) is 65.6 Å². The Morgan fingerprint density at radius 3 is 2.50 bits per heavy atom. The number of ether oxygens (including phenoxy) is 2. The molecule has 5 rings (SSSR count). The SMILES string of the molecule is CCOC(=O)C[C@H](c1ccc(S(=O)(=O)CC2CC2)cc1)c1nc2cc(-c3ccccc3OC(F)F)c(Cl)cc2[nH]1. The van der Waals surface area contributed by atoms with Gasteiger partial charge < -0.3 is 14.5 Å². The number of hydrogen-bond acceptors (Lipinski definition) is 6. The van der Waals surface area contributed by atoms with Crippen LogP contribution in [0.3, 0.4) is 0 Å². The molecule has 40 heavy (non-hydrogen) atoms. The molecule has 1 aliphatic rings. The van der Waals surface area contributed by atoms with Gasteiger partial charge in [-0.25, -0.2) is 13.4 Å². The maximum atomic E-state index is 13.0. The van der Waals surface area contributed by atoms with E-state index in [1.165, 1.54) is 6.07 Å². The molecule has 0 aliphatic heterocycles. The van der Waals surface area contributed by atoms with Gasteiger partial charge in [-0.15, -0.1) is 0 Å². The van der Waals surface area contributed by atoms with Gasteiger partial charge in [0.15, 0.2) is 9.84 Å². The van der Waals surface area contributed by atoms with Crippen molar-refractivity contribution in [1.29, 1.82) is 0 Å². The third-order valence-electron chi connectivity index (χ3n) is 6.78. The molecule has 4 aromatic rings. The largest absolute Gasteiger partial charge is 0.466 e. The highest BCUT2D eigenvalue weighted by Crippen LogP contribution is 2.39. The summed E-state index contributed by atoms with van der Waals surface area (Å²) in [6.07, 6.45) is 1.83. The summed E-state index contributed by atoms with van der Waals surface area (Å²) < 4.78 is 61.3. The monoisotopic (exact) mass is 588 g/mol. The Morgan fingerprint density at radius 1 is 1.10 bits per heavy atom. The van der Waals surface area contributed by atoms with Crippen molar-refractivity contribution in [3.63, 3.8) is 0 Å². The van der Waals surface area contributed by atoms with Crippen molar-refractivity contribution in [3.05, 3.63) is 77.1 Å². The van der Waals surface area contributed by atoms with E-state index in [0.717, 1.165) is 12.8 Å². The number of nitrogens with one attached hydrogen (secondary N) is 1. The number of carbonyl (C=O) groups is 1. The van der Waals surface area contributed by atoms with Gasteiger partial charge in [0.1, 0.15) is 11.6 Å². The fraction of sp³-hybridized carbons (Fsp3) is 0.310. The Hall–Kier alpha value is -3.50. The minimum absolute atomic E-state index is 0.0218. The van der Waals surface area contributed by atoms with E-state index in [1.807, 2.05) is 0 Å². The number of hydrogen-bond donors (Lipinski definition) is 1. The number of nitrogens with zero attached hydrogens (tertiary/aromatic N) is 1. The van der Waals surface area contributed by atoms with Crippen molar-refractivity contribution in [3.8, 4) is 16.9 Å². The number of halogens is 3. The first-order valence-corrected chi connectivity index (χ1v) is 14.9. The highest BCUT2D eigenvalue weighted by atomic mass is 35.5. The third-order valence-corrected chi connectivity index (χ3v) is 9.00. The molecule has 1 saturated carbocycles. The van der Waals surface area contributed by atoms with Crippen LogP contribution in [-0.2, 0) is 19.4 Å². The number of aromatic amines is 1. The molecule has 0 amide bonds. The van der Waals surface area contributed by atoms with Crippen LogP contribution >= 0.6 is 11.6 Å². The zero-order valence-corrected chi connectivity index (χ0v) is 23.1. The summed E-state index contributed by atoms with van der Waals surface area (Å²) in [4.78, 5) is 20.7. The molecule has 1 heterocycles. The lowest BCUT2D eigenvalue weighted by Crippen LogP contribution is -2.13. The lowest BCUT2D eigenvalue weighted by Gasteiger charge is -2.15. The maximum absolute atomic E-state index is 13.0. The van der Waals surface area contributed by atoms with Crippen molar-refractivity contribution in [2.75, 3.05) is 12.4 Å². The summed E-state index contributed by atoms with van der Waals surface area (Å²) in [5.74, 6) is -0.217. The number of esters is 1. The van der Waals surface area contributed by atoms with Gasteiger partial charge in [0.2, 0.25) is 0 Å². The smallest absolute Gasteiger partial charge is 0.387 e. The predicted molar refractivity (Wildman–Crippen MR) is 147 cm³/mol. The van der Waals surface area contributed by atoms with Gasteiger partial charge in [-0.05, 0) is 61.6 Å². The van der Waals surface area contributed by atoms with Gasteiger partial charge in [-0.2, -0.15) is 8.78 Å². The number of benzene rings is 3. The lowest BCUT2D eigenvalue weighted by molar-refractivity contribution is -0.143. The van der Waals surface area contributed by atoms with Crippen LogP contribution in [0.1, 0.15) is 43.5 Å². The lowest BCUT2D eigenvalue weighted by atomic mass is 9.95. The molecule has 11 heteroatoms. The normalized spacial score (nSPS) is 14.4. The average Bonchev–Trinajstić information content (AvgIpc) is 3.62. The van der Waals surface area contributed by atoms with E-state index in [1.54, 1.807) is 61.5 Å². The minimum atomic E-state index is -3.39. The topological polar surface area (TPSA) is 98.4 Å². The van der Waals surface area contributed by atoms with Crippen LogP contribution in [0, 0.1) is 5.92 Å². The molecular formula is C29H27ClF2N2O5S. The van der Waals surface area contributed by atoms with Gasteiger partial charge in [0.25, 0.3) is 0 Å². The highest BCUT2D eigenvalue weighted by Gasteiger charge is 2.30. The molecular weight excluding hydrogens is 562 g/mol. The van der Waals surface area contributed by atoms with Gasteiger partial charge in [0, 0.05) is 11.1 Å². The molecule has 3 aromatic carbocycles. The van der Waals surface area contributed by atoms with E-state index < -0.39 is 28.3 Å². The molecule has 7 nitrogen and oxygen atoms in total. The predicted octanol–water partition coefficient (Wildman–Crippen LogP) is 6.75. The fourth-order valence-corrected chi connectivity index (χ4v) is 6.63. The Labute approximate surface area is 235 Å². The average molecular weight is 589 g/mol. The molecule has 1 aliphatic carbocycles. The molecule has 1 N–H and O–H groups in total. The van der Waals surface area contributed by atoms with Crippen LogP contribution in [-0.4, -0.2) is 43.3 Å². The quantitative estimate of drug-likeness (QED) is 0.195. The summed E-state index contributed by atoms with van der Waals surface area (Å²) in [7, 11) is -3.39. The Morgan fingerprint density at radius 2 is 1.82 bits per heavy atom. The number of aromatic nitrogens is 2. The second-order valence-electron chi connectivity index (χ2n) is 9.70. The molecule has 0 radical (unpaired) electrons. The number of alkyl halides is 2. The van der Waals surface area contributed by atoms with E-state index in [2.05, 4.69) is 9.72 Å². The number of sulfone groups is 1. The van der Waals surface area contributed by atoms with E-state index in [0.29, 0.717) is 38.6 Å². The van der Waals surface area contributed by atoms with Crippen LogP contribution in [0.4, 0.5) is 8.78 Å². The first kappa shape index (κ1) is 28.0. The number of imidazole rings is 1. The Bertz CT molecular complexity index is 1640. The van der Waals surface area contributed by atoms with Gasteiger partial charge >= 0.3 is 12.6 Å². The summed E-state index contributed by atoms with van der Waals surface area (Å²) >= 11 is 6.56. The van der Waals surface area contributed by atoms with Gasteiger partial charge in [-0.1, -0.05) is 41.9 Å². The van der Waals surface area contributed by atoms with Crippen molar-refractivity contribution in [2.24, 2.45) is 5.92 Å². The standard InChI is InChI=1S/C29H27ClF2N2O5S/c1-2-38-27(35)14-21(18-9-11-19(12-10-18)40(36,37)16-17-7-8-17)28-33-24-13-22(23(30)15-25(24)34-28)20-5-3-4-6-26(20)39-29(31)32/h3-6,9-13,15,17,21,29H,2,7-8,14,16H2,1H3,(H,33,34)/t21-/m1/s1. The highest BCUT2D eigenvalue weighted by molar-refractivity contribution is 7.91. The summed E-state index contributed by atoms with van der Waals surface area (Å²) in [5.41, 5.74) is 2.59. The molecule has 0 unspecified atom stereocenters. The zero-order valence-electron chi connectivity index (χ0n) is 21.6. The molecule has 1 atom stereocenters.